The van der Waals surface area contributed by atoms with E-state index in [9.17, 15) is 9.90 Å². The molecule has 0 rings (SSSR count). The van der Waals surface area contributed by atoms with Gasteiger partial charge in [0.05, 0.1) is 5.41 Å². The van der Waals surface area contributed by atoms with Gasteiger partial charge in [-0.05, 0) is 25.2 Å². The molecule has 0 saturated carbocycles. The zero-order valence-corrected chi connectivity index (χ0v) is 10.4. The van der Waals surface area contributed by atoms with Crippen LogP contribution in [0.25, 0.3) is 0 Å². The number of carboxylic acids is 1. The van der Waals surface area contributed by atoms with Crippen molar-refractivity contribution in [2.45, 2.75) is 46.0 Å². The molecule has 0 heterocycles. The summed E-state index contributed by atoms with van der Waals surface area (Å²) in [6, 6.07) is 0. The topological polar surface area (TPSA) is 83.5 Å². The average Bonchev–Trinajstić information content (AvgIpc) is 2.21. The molecule has 0 spiro atoms. The molecule has 0 radical (unpaired) electrons. The van der Waals surface area contributed by atoms with Crippen LogP contribution in [0.2, 0.25) is 0 Å². The molecule has 0 fully saturated rings. The van der Waals surface area contributed by atoms with Gasteiger partial charge in [-0.25, -0.2) is 0 Å². The third-order valence-electron chi connectivity index (χ3n) is 2.96. The van der Waals surface area contributed by atoms with Crippen molar-refractivity contribution in [2.75, 3.05) is 13.2 Å². The Kier molecular flexibility index (Phi) is 7.34. The minimum Gasteiger partial charge on any atom is -0.481 e. The van der Waals surface area contributed by atoms with E-state index in [4.69, 9.17) is 10.8 Å². The van der Waals surface area contributed by atoms with Gasteiger partial charge in [-0.15, -0.1) is 0 Å². The Balaban J connectivity index is 4.34. The Hall–Kier alpha value is -0.610. The lowest BCUT2D eigenvalue weighted by Crippen LogP contribution is -2.39. The summed E-state index contributed by atoms with van der Waals surface area (Å²) in [5, 5.41) is 18.0. The second-order valence-electron chi connectivity index (χ2n) is 4.92. The number of aliphatic carboxylic acids is 1. The maximum atomic E-state index is 11.3. The number of carboxylic acid groups (broad SMARTS) is 1. The van der Waals surface area contributed by atoms with Crippen molar-refractivity contribution in [2.24, 2.45) is 17.1 Å². The lowest BCUT2D eigenvalue weighted by atomic mass is 9.76. The van der Waals surface area contributed by atoms with E-state index in [1.807, 2.05) is 13.8 Å². The van der Waals surface area contributed by atoms with Crippen LogP contribution in [-0.4, -0.2) is 29.3 Å². The van der Waals surface area contributed by atoms with E-state index < -0.39 is 11.4 Å². The van der Waals surface area contributed by atoms with Gasteiger partial charge >= 0.3 is 5.97 Å². The predicted molar refractivity (Wildman–Crippen MR) is 64.1 cm³/mol. The van der Waals surface area contributed by atoms with Crippen LogP contribution in [0.4, 0.5) is 0 Å². The largest absolute Gasteiger partial charge is 0.481 e. The summed E-state index contributed by atoms with van der Waals surface area (Å²) in [6.45, 7) is 4.40. The summed E-state index contributed by atoms with van der Waals surface area (Å²) in [7, 11) is 0. The van der Waals surface area contributed by atoms with Crippen molar-refractivity contribution in [3.05, 3.63) is 0 Å². The molecule has 4 heteroatoms. The lowest BCUT2D eigenvalue weighted by molar-refractivity contribution is -0.150. The first-order chi connectivity index (χ1) is 7.48. The van der Waals surface area contributed by atoms with E-state index in [1.165, 1.54) is 0 Å². The Morgan fingerprint density at radius 1 is 1.31 bits per heavy atom. The molecule has 0 aliphatic carbocycles. The van der Waals surface area contributed by atoms with E-state index in [1.54, 1.807) is 0 Å². The van der Waals surface area contributed by atoms with Crippen LogP contribution >= 0.6 is 0 Å². The van der Waals surface area contributed by atoms with Crippen molar-refractivity contribution in [1.82, 2.24) is 0 Å². The Morgan fingerprint density at radius 3 is 2.31 bits per heavy atom. The minimum atomic E-state index is -0.785. The molecule has 0 aromatic carbocycles. The molecule has 4 nitrogen and oxygen atoms in total. The van der Waals surface area contributed by atoms with Gasteiger partial charge in [0.15, 0.2) is 0 Å². The summed E-state index contributed by atoms with van der Waals surface area (Å²) in [4.78, 5) is 11.3. The number of aliphatic hydroxyl groups is 1. The van der Waals surface area contributed by atoms with Crippen LogP contribution < -0.4 is 5.73 Å². The van der Waals surface area contributed by atoms with Gasteiger partial charge in [0.2, 0.25) is 0 Å². The van der Waals surface area contributed by atoms with Gasteiger partial charge in [0, 0.05) is 13.2 Å². The third-order valence-corrected chi connectivity index (χ3v) is 2.96. The molecule has 4 N–H and O–H groups in total. The molecule has 0 aromatic rings. The lowest BCUT2D eigenvalue weighted by Gasteiger charge is -2.29. The molecule has 0 aromatic heterocycles. The van der Waals surface area contributed by atoms with E-state index in [0.717, 1.165) is 19.3 Å². The molecule has 96 valence electrons. The number of nitrogens with two attached hydrogens (primary N) is 1. The highest BCUT2D eigenvalue weighted by Gasteiger charge is 2.36. The molecule has 1 unspecified atom stereocenters. The number of aliphatic hydroxyl groups excluding tert-OH is 1. The van der Waals surface area contributed by atoms with Gasteiger partial charge in [-0.3, -0.25) is 4.79 Å². The van der Waals surface area contributed by atoms with Crippen molar-refractivity contribution in [3.63, 3.8) is 0 Å². The Morgan fingerprint density at radius 2 is 1.94 bits per heavy atom. The average molecular weight is 231 g/mol. The summed E-state index contributed by atoms with van der Waals surface area (Å²) in [5.41, 5.74) is 4.87. The summed E-state index contributed by atoms with van der Waals surface area (Å²) < 4.78 is 0. The van der Waals surface area contributed by atoms with Crippen LogP contribution in [0, 0.1) is 11.3 Å². The summed E-state index contributed by atoms with van der Waals surface area (Å²) in [6.07, 6.45) is 3.65. The predicted octanol–water partition coefficient (Wildman–Crippen LogP) is 1.61. The van der Waals surface area contributed by atoms with Crippen LogP contribution in [0.1, 0.15) is 46.0 Å². The van der Waals surface area contributed by atoms with Crippen LogP contribution in [0.3, 0.4) is 0 Å². The monoisotopic (exact) mass is 231 g/mol. The SMILES string of the molecule is CC(C)CC(CN)(CCCCCO)C(=O)O. The van der Waals surface area contributed by atoms with Gasteiger partial charge in [0.25, 0.3) is 0 Å². The van der Waals surface area contributed by atoms with Crippen LogP contribution in [-0.2, 0) is 4.79 Å². The fraction of sp³-hybridized carbons (Fsp3) is 0.917. The number of carbonyl (C=O) groups is 1. The quantitative estimate of drug-likeness (QED) is 0.526. The molecular weight excluding hydrogens is 206 g/mol. The highest BCUT2D eigenvalue weighted by atomic mass is 16.4. The molecule has 16 heavy (non-hydrogen) atoms. The second kappa shape index (κ2) is 7.63. The van der Waals surface area contributed by atoms with Crippen LogP contribution in [0.5, 0.6) is 0 Å². The normalized spacial score (nSPS) is 15.1. The molecule has 0 aliphatic heterocycles. The molecule has 0 aliphatic rings. The molecule has 0 bridgehead atoms. The maximum Gasteiger partial charge on any atom is 0.310 e. The first-order valence-corrected chi connectivity index (χ1v) is 6.03. The first kappa shape index (κ1) is 15.4. The Labute approximate surface area is 97.8 Å². The van der Waals surface area contributed by atoms with Crippen molar-refractivity contribution in [1.29, 1.82) is 0 Å². The zero-order chi connectivity index (χ0) is 12.6. The first-order valence-electron chi connectivity index (χ1n) is 6.03. The highest BCUT2D eigenvalue weighted by Crippen LogP contribution is 2.32. The third kappa shape index (κ3) is 4.94. The minimum absolute atomic E-state index is 0.173. The van der Waals surface area contributed by atoms with Crippen molar-refractivity contribution in [3.8, 4) is 0 Å². The maximum absolute atomic E-state index is 11.3. The van der Waals surface area contributed by atoms with Gasteiger partial charge < -0.3 is 15.9 Å². The zero-order valence-electron chi connectivity index (χ0n) is 10.4. The van der Waals surface area contributed by atoms with E-state index in [-0.39, 0.29) is 13.2 Å². The summed E-state index contributed by atoms with van der Waals surface area (Å²) >= 11 is 0. The molecule has 1 atom stereocenters. The van der Waals surface area contributed by atoms with Gasteiger partial charge in [-0.1, -0.05) is 26.7 Å². The van der Waals surface area contributed by atoms with Crippen molar-refractivity contribution >= 4 is 5.97 Å². The van der Waals surface area contributed by atoms with Crippen LogP contribution in [0.15, 0.2) is 0 Å². The number of unbranched alkanes of at least 4 members (excludes halogenated alkanes) is 2. The molecule has 0 saturated heterocycles. The number of hydrogen-bond donors (Lipinski definition) is 3. The number of rotatable bonds is 9. The van der Waals surface area contributed by atoms with E-state index in [2.05, 4.69) is 0 Å². The fourth-order valence-corrected chi connectivity index (χ4v) is 2.10. The molecule has 0 amide bonds. The Bertz CT molecular complexity index is 206. The molecular formula is C12H25NO3. The fourth-order valence-electron chi connectivity index (χ4n) is 2.10. The highest BCUT2D eigenvalue weighted by molar-refractivity contribution is 5.74. The van der Waals surface area contributed by atoms with E-state index in [0.29, 0.717) is 18.8 Å². The smallest absolute Gasteiger partial charge is 0.310 e. The van der Waals surface area contributed by atoms with Crippen molar-refractivity contribution < 1.29 is 15.0 Å². The van der Waals surface area contributed by atoms with Gasteiger partial charge in [0.1, 0.15) is 0 Å². The summed E-state index contributed by atoms with van der Waals surface area (Å²) in [5.74, 6) is -0.454. The van der Waals surface area contributed by atoms with E-state index >= 15 is 0 Å². The van der Waals surface area contributed by atoms with Gasteiger partial charge in [-0.2, -0.15) is 0 Å². The number of hydrogen-bond acceptors (Lipinski definition) is 3. The second-order valence-corrected chi connectivity index (χ2v) is 4.92. The standard InChI is InChI=1S/C12H25NO3/c1-10(2)8-12(9-13,11(15)16)6-4-3-5-7-14/h10,14H,3-9,13H2,1-2H3,(H,15,16).